The van der Waals surface area contributed by atoms with E-state index in [0.717, 1.165) is 10.7 Å². The third kappa shape index (κ3) is 1.67. The fourth-order valence-electron chi connectivity index (χ4n) is 1.04. The molecule has 4 heteroatoms. The van der Waals surface area contributed by atoms with Gasteiger partial charge in [-0.2, -0.15) is 0 Å². The van der Waals surface area contributed by atoms with Gasteiger partial charge in [-0.05, 0) is 19.1 Å². The van der Waals surface area contributed by atoms with E-state index in [1.54, 1.807) is 17.4 Å². The fraction of sp³-hybridized carbons (Fsp3) is 0.111. The van der Waals surface area contributed by atoms with Crippen LogP contribution in [0.3, 0.4) is 0 Å². The van der Waals surface area contributed by atoms with Gasteiger partial charge >= 0.3 is 0 Å². The number of nitrogen functional groups attached to an aromatic ring is 1. The summed E-state index contributed by atoms with van der Waals surface area (Å²) in [5.74, 6) is 0.533. The van der Waals surface area contributed by atoms with Gasteiger partial charge in [0.15, 0.2) is 0 Å². The van der Waals surface area contributed by atoms with Crippen molar-refractivity contribution in [3.05, 3.63) is 29.3 Å². The number of hydrogen-bond donors (Lipinski definition) is 1. The third-order valence-corrected chi connectivity index (χ3v) is 2.55. The van der Waals surface area contributed by atoms with Gasteiger partial charge in [0.25, 0.3) is 0 Å². The summed E-state index contributed by atoms with van der Waals surface area (Å²) in [4.78, 5) is 9.59. The Kier molecular flexibility index (Phi) is 1.98. The molecule has 2 N–H and O–H groups in total. The van der Waals surface area contributed by atoms with Crippen molar-refractivity contribution in [1.29, 1.82) is 0 Å². The normalized spacial score (nSPS) is 10.2. The lowest BCUT2D eigenvalue weighted by molar-refractivity contribution is 1.29. The lowest BCUT2D eigenvalue weighted by Crippen LogP contribution is -1.90. The molecule has 66 valence electrons. The molecule has 2 aromatic heterocycles. The predicted molar refractivity (Wildman–Crippen MR) is 54.5 cm³/mol. The molecule has 2 rings (SSSR count). The van der Waals surface area contributed by atoms with Crippen LogP contribution in [0.15, 0.2) is 24.4 Å². The van der Waals surface area contributed by atoms with E-state index in [0.29, 0.717) is 5.82 Å². The number of pyridine rings is 1. The Balaban J connectivity index is 2.46. The highest BCUT2D eigenvalue weighted by atomic mass is 32.1. The molecule has 0 unspecified atom stereocenters. The van der Waals surface area contributed by atoms with E-state index in [4.69, 9.17) is 5.73 Å². The van der Waals surface area contributed by atoms with Crippen molar-refractivity contribution >= 4 is 17.2 Å². The van der Waals surface area contributed by atoms with Gasteiger partial charge in [0.05, 0.1) is 0 Å². The van der Waals surface area contributed by atoms with Gasteiger partial charge in [0.1, 0.15) is 16.5 Å². The molecular formula is C9H9N3S. The Hall–Kier alpha value is -1.42. The third-order valence-electron chi connectivity index (χ3n) is 1.61. The summed E-state index contributed by atoms with van der Waals surface area (Å²) >= 11 is 1.62. The van der Waals surface area contributed by atoms with E-state index in [2.05, 4.69) is 9.97 Å². The highest BCUT2D eigenvalue weighted by Gasteiger charge is 2.03. The van der Waals surface area contributed by atoms with Gasteiger partial charge in [-0.15, -0.1) is 11.3 Å². The van der Waals surface area contributed by atoms with Crippen molar-refractivity contribution in [2.24, 2.45) is 0 Å². The minimum atomic E-state index is 0.533. The Labute approximate surface area is 80.3 Å². The smallest absolute Gasteiger partial charge is 0.142 e. The topological polar surface area (TPSA) is 51.8 Å². The van der Waals surface area contributed by atoms with Crippen LogP contribution in [0.25, 0.3) is 10.7 Å². The molecule has 0 aliphatic rings. The standard InChI is InChI=1S/C9H9N3S/c1-6-5-11-9(13-6)7-3-2-4-8(10)12-7/h2-5H,1H3,(H2,10,12). The van der Waals surface area contributed by atoms with E-state index >= 15 is 0 Å². The monoisotopic (exact) mass is 191 g/mol. The van der Waals surface area contributed by atoms with Crippen LogP contribution in [0, 0.1) is 6.92 Å². The number of thiazole rings is 1. The van der Waals surface area contributed by atoms with Crippen molar-refractivity contribution in [1.82, 2.24) is 9.97 Å². The first-order valence-electron chi connectivity index (χ1n) is 3.91. The van der Waals surface area contributed by atoms with Crippen LogP contribution in [0.2, 0.25) is 0 Å². The number of aromatic nitrogens is 2. The zero-order valence-corrected chi connectivity index (χ0v) is 8.01. The Bertz CT molecular complexity index is 422. The summed E-state index contributed by atoms with van der Waals surface area (Å²) in [6.45, 7) is 2.02. The molecule has 0 spiro atoms. The molecule has 2 aromatic rings. The van der Waals surface area contributed by atoms with Crippen LogP contribution >= 0.6 is 11.3 Å². The molecule has 3 nitrogen and oxygen atoms in total. The molecule has 0 bridgehead atoms. The van der Waals surface area contributed by atoms with Crippen molar-refractivity contribution in [3.8, 4) is 10.7 Å². The molecular weight excluding hydrogens is 182 g/mol. The Morgan fingerprint density at radius 3 is 2.85 bits per heavy atom. The molecule has 13 heavy (non-hydrogen) atoms. The fourth-order valence-corrected chi connectivity index (χ4v) is 1.78. The highest BCUT2D eigenvalue weighted by Crippen LogP contribution is 2.22. The van der Waals surface area contributed by atoms with Gasteiger partial charge in [-0.1, -0.05) is 6.07 Å². The molecule has 0 saturated heterocycles. The zero-order chi connectivity index (χ0) is 9.26. The quantitative estimate of drug-likeness (QED) is 0.751. The first kappa shape index (κ1) is 8.19. The summed E-state index contributed by atoms with van der Waals surface area (Å²) < 4.78 is 0. The molecule has 0 fully saturated rings. The number of anilines is 1. The summed E-state index contributed by atoms with van der Waals surface area (Å²) in [6, 6.07) is 5.56. The molecule has 0 aliphatic carbocycles. The maximum Gasteiger partial charge on any atom is 0.142 e. The van der Waals surface area contributed by atoms with Gasteiger partial charge in [0, 0.05) is 11.1 Å². The summed E-state index contributed by atoms with van der Waals surface area (Å²) in [5, 5.41) is 0.921. The molecule has 2 heterocycles. The van der Waals surface area contributed by atoms with Crippen LogP contribution in [0.5, 0.6) is 0 Å². The maximum absolute atomic E-state index is 5.57. The Morgan fingerprint density at radius 2 is 2.23 bits per heavy atom. The second kappa shape index (κ2) is 3.14. The van der Waals surface area contributed by atoms with Gasteiger partial charge in [-0.25, -0.2) is 9.97 Å². The number of nitrogens with two attached hydrogens (primary N) is 1. The average molecular weight is 191 g/mol. The van der Waals surface area contributed by atoms with E-state index < -0.39 is 0 Å². The molecule has 0 aromatic carbocycles. The van der Waals surface area contributed by atoms with E-state index in [9.17, 15) is 0 Å². The number of rotatable bonds is 1. The minimum absolute atomic E-state index is 0.533. The van der Waals surface area contributed by atoms with Crippen LogP contribution in [0.1, 0.15) is 4.88 Å². The molecule has 0 atom stereocenters. The van der Waals surface area contributed by atoms with Crippen LogP contribution in [-0.4, -0.2) is 9.97 Å². The van der Waals surface area contributed by atoms with Crippen LogP contribution in [0.4, 0.5) is 5.82 Å². The number of nitrogens with zero attached hydrogens (tertiary/aromatic N) is 2. The largest absolute Gasteiger partial charge is 0.384 e. The lowest BCUT2D eigenvalue weighted by atomic mass is 10.3. The molecule has 0 amide bonds. The SMILES string of the molecule is Cc1cnc(-c2cccc(N)n2)s1. The second-order valence-electron chi connectivity index (χ2n) is 2.72. The van der Waals surface area contributed by atoms with Crippen LogP contribution < -0.4 is 5.73 Å². The van der Waals surface area contributed by atoms with Gasteiger partial charge < -0.3 is 5.73 Å². The van der Waals surface area contributed by atoms with E-state index in [-0.39, 0.29) is 0 Å². The zero-order valence-electron chi connectivity index (χ0n) is 7.19. The number of hydrogen-bond acceptors (Lipinski definition) is 4. The van der Waals surface area contributed by atoms with Crippen LogP contribution in [-0.2, 0) is 0 Å². The van der Waals surface area contributed by atoms with Crippen molar-refractivity contribution in [3.63, 3.8) is 0 Å². The van der Waals surface area contributed by atoms with Crippen molar-refractivity contribution < 1.29 is 0 Å². The van der Waals surface area contributed by atoms with E-state index in [1.807, 2.05) is 25.3 Å². The Morgan fingerprint density at radius 1 is 1.38 bits per heavy atom. The van der Waals surface area contributed by atoms with Gasteiger partial charge in [-0.3, -0.25) is 0 Å². The summed E-state index contributed by atoms with van der Waals surface area (Å²) in [5.41, 5.74) is 6.41. The predicted octanol–water partition coefficient (Wildman–Crippen LogP) is 2.10. The van der Waals surface area contributed by atoms with E-state index in [1.165, 1.54) is 4.88 Å². The average Bonchev–Trinajstić information content (AvgIpc) is 2.52. The number of aryl methyl sites for hydroxylation is 1. The van der Waals surface area contributed by atoms with Crippen molar-refractivity contribution in [2.45, 2.75) is 6.92 Å². The van der Waals surface area contributed by atoms with Crippen molar-refractivity contribution in [2.75, 3.05) is 5.73 Å². The minimum Gasteiger partial charge on any atom is -0.384 e. The summed E-state index contributed by atoms with van der Waals surface area (Å²) in [6.07, 6.45) is 1.84. The molecule has 0 aliphatic heterocycles. The van der Waals surface area contributed by atoms with Gasteiger partial charge in [0.2, 0.25) is 0 Å². The maximum atomic E-state index is 5.57. The molecule has 0 saturated carbocycles. The highest BCUT2D eigenvalue weighted by molar-refractivity contribution is 7.14. The first-order chi connectivity index (χ1) is 6.25. The summed E-state index contributed by atoms with van der Waals surface area (Å²) in [7, 11) is 0. The molecule has 0 radical (unpaired) electrons. The second-order valence-corrected chi connectivity index (χ2v) is 3.96. The first-order valence-corrected chi connectivity index (χ1v) is 4.73. The lowest BCUT2D eigenvalue weighted by Gasteiger charge is -1.95.